The Kier molecular flexibility index (Phi) is 8.17. The van der Waals surface area contributed by atoms with E-state index in [1.807, 2.05) is 0 Å². The van der Waals surface area contributed by atoms with Crippen LogP contribution in [-0.2, 0) is 19.1 Å². The zero-order valence-electron chi connectivity index (χ0n) is 16.0. The molecule has 32 heavy (non-hydrogen) atoms. The van der Waals surface area contributed by atoms with Crippen molar-refractivity contribution in [3.05, 3.63) is 24.3 Å². The van der Waals surface area contributed by atoms with Gasteiger partial charge in [0.1, 0.15) is 0 Å². The molecule has 0 radical (unpaired) electrons. The fourth-order valence-electron chi connectivity index (χ4n) is 1.59. The number of carbonyl (C=O) groups is 2. The Labute approximate surface area is 171 Å². The first-order valence-electron chi connectivity index (χ1n) is 7.83. The average Bonchev–Trinajstić information content (AvgIpc) is 2.62. The highest BCUT2D eigenvalue weighted by atomic mass is 19.4. The third kappa shape index (κ3) is 4.98. The van der Waals surface area contributed by atoms with E-state index in [0.717, 1.165) is 13.8 Å². The van der Waals surface area contributed by atoms with Crippen LogP contribution in [0.1, 0.15) is 13.8 Å². The second-order valence-electron chi connectivity index (χ2n) is 6.42. The van der Waals surface area contributed by atoms with E-state index in [-0.39, 0.29) is 0 Å². The first-order valence-corrected chi connectivity index (χ1v) is 7.83. The molecule has 0 aromatic carbocycles. The van der Waals surface area contributed by atoms with Crippen LogP contribution in [0.5, 0.6) is 0 Å². The average molecular weight is 498 g/mol. The summed E-state index contributed by atoms with van der Waals surface area (Å²) in [5.74, 6) is -47.2. The Balaban J connectivity index is 6.11. The van der Waals surface area contributed by atoms with Crippen molar-refractivity contribution in [2.24, 2.45) is 0 Å². The lowest BCUT2D eigenvalue weighted by Crippen LogP contribution is -2.71. The fourth-order valence-corrected chi connectivity index (χ4v) is 1.59. The number of halogens is 12. The minimum atomic E-state index is -7.84. The third-order valence-corrected chi connectivity index (χ3v) is 3.57. The maximum Gasteiger partial charge on any atom is 0.384 e. The second-order valence-corrected chi connectivity index (χ2v) is 6.42. The van der Waals surface area contributed by atoms with Crippen molar-refractivity contribution in [2.75, 3.05) is 13.2 Å². The van der Waals surface area contributed by atoms with Crippen LogP contribution in [-0.4, -0.2) is 60.7 Å². The predicted molar refractivity (Wildman–Crippen MR) is 81.2 cm³/mol. The van der Waals surface area contributed by atoms with Gasteiger partial charge in [-0.1, -0.05) is 13.2 Å². The molecular weight excluding hydrogens is 484 g/mol. The Bertz CT molecular complexity index is 709. The number of esters is 2. The van der Waals surface area contributed by atoms with Crippen molar-refractivity contribution in [3.8, 4) is 0 Å². The second kappa shape index (κ2) is 8.84. The number of alkyl halides is 12. The minimum Gasteiger partial charge on any atom is -0.456 e. The van der Waals surface area contributed by atoms with Crippen LogP contribution < -0.4 is 0 Å². The van der Waals surface area contributed by atoms with Gasteiger partial charge in [0.2, 0.25) is 0 Å². The van der Waals surface area contributed by atoms with Crippen LogP contribution in [0.4, 0.5) is 52.7 Å². The van der Waals surface area contributed by atoms with Gasteiger partial charge in [-0.3, -0.25) is 0 Å². The summed E-state index contributed by atoms with van der Waals surface area (Å²) in [4.78, 5) is 21.9. The van der Waals surface area contributed by atoms with Crippen LogP contribution >= 0.6 is 0 Å². The Morgan fingerprint density at radius 1 is 0.562 bits per heavy atom. The molecule has 186 valence electrons. The number of rotatable bonds is 11. The van der Waals surface area contributed by atoms with Gasteiger partial charge in [0, 0.05) is 11.1 Å². The van der Waals surface area contributed by atoms with Crippen LogP contribution in [0.15, 0.2) is 24.3 Å². The molecule has 0 spiro atoms. The summed E-state index contributed by atoms with van der Waals surface area (Å²) in [6.45, 7) is 1.14. The van der Waals surface area contributed by atoms with E-state index < -0.39 is 71.8 Å². The molecule has 0 N–H and O–H groups in total. The maximum atomic E-state index is 13.6. The van der Waals surface area contributed by atoms with E-state index in [9.17, 15) is 62.3 Å². The van der Waals surface area contributed by atoms with Crippen molar-refractivity contribution in [3.63, 3.8) is 0 Å². The minimum absolute atomic E-state index is 0.725. The zero-order chi connectivity index (χ0) is 26.1. The summed E-state index contributed by atoms with van der Waals surface area (Å²) < 4.78 is 170. The topological polar surface area (TPSA) is 52.6 Å². The first kappa shape index (κ1) is 29.6. The molecule has 0 amide bonds. The van der Waals surface area contributed by atoms with Gasteiger partial charge in [-0.15, -0.1) is 0 Å². The van der Waals surface area contributed by atoms with Gasteiger partial charge in [0.15, 0.2) is 13.2 Å². The Hall–Kier alpha value is -2.42. The molecular formula is C16H14F12O4. The first-order chi connectivity index (χ1) is 13.9. The van der Waals surface area contributed by atoms with Crippen LogP contribution in [0.25, 0.3) is 0 Å². The molecule has 0 bridgehead atoms. The molecule has 0 saturated heterocycles. The highest BCUT2D eigenvalue weighted by Gasteiger charge is 2.90. The lowest BCUT2D eigenvalue weighted by atomic mass is 9.91. The smallest absolute Gasteiger partial charge is 0.384 e. The summed E-state index contributed by atoms with van der Waals surface area (Å²) in [6, 6.07) is 0. The van der Waals surface area contributed by atoms with Gasteiger partial charge in [-0.2, -0.15) is 52.7 Å². The van der Waals surface area contributed by atoms with Crippen molar-refractivity contribution in [1.29, 1.82) is 0 Å². The molecule has 0 saturated carbocycles. The van der Waals surface area contributed by atoms with E-state index in [1.165, 1.54) is 0 Å². The molecule has 0 heterocycles. The highest BCUT2D eigenvalue weighted by molar-refractivity contribution is 5.87. The number of ether oxygens (including phenoxy) is 2. The van der Waals surface area contributed by atoms with E-state index >= 15 is 0 Å². The molecule has 4 nitrogen and oxygen atoms in total. The predicted octanol–water partition coefficient (Wildman–Crippen LogP) is 5.04. The molecule has 0 aliphatic heterocycles. The molecule has 0 unspecified atom stereocenters. The van der Waals surface area contributed by atoms with Crippen molar-refractivity contribution < 1.29 is 71.7 Å². The van der Waals surface area contributed by atoms with E-state index in [0.29, 0.717) is 0 Å². The SMILES string of the molecule is C=C(C)C(=O)OCC(F)(F)C(F)(F)C(F)(F)C(F)(F)C(F)(F)C(F)(F)COC(=O)C(=C)C. The van der Waals surface area contributed by atoms with Crippen LogP contribution in [0.3, 0.4) is 0 Å². The van der Waals surface area contributed by atoms with E-state index in [2.05, 4.69) is 22.6 Å². The third-order valence-electron chi connectivity index (χ3n) is 3.57. The van der Waals surface area contributed by atoms with Crippen molar-refractivity contribution in [1.82, 2.24) is 0 Å². The number of hydrogen-bond donors (Lipinski definition) is 0. The largest absolute Gasteiger partial charge is 0.456 e. The van der Waals surface area contributed by atoms with E-state index in [1.54, 1.807) is 0 Å². The molecule has 0 aromatic heterocycles. The van der Waals surface area contributed by atoms with Gasteiger partial charge < -0.3 is 9.47 Å². The quantitative estimate of drug-likeness (QED) is 0.228. The normalized spacial score (nSPS) is 14.1. The number of hydrogen-bond acceptors (Lipinski definition) is 4. The summed E-state index contributed by atoms with van der Waals surface area (Å²) in [5, 5.41) is 0. The summed E-state index contributed by atoms with van der Waals surface area (Å²) in [7, 11) is 0. The van der Waals surface area contributed by atoms with Gasteiger partial charge >= 0.3 is 47.5 Å². The van der Waals surface area contributed by atoms with Crippen molar-refractivity contribution in [2.45, 2.75) is 49.4 Å². The molecule has 0 fully saturated rings. The van der Waals surface area contributed by atoms with Crippen LogP contribution in [0.2, 0.25) is 0 Å². The summed E-state index contributed by atoms with van der Waals surface area (Å²) in [5.41, 5.74) is -1.45. The molecule has 16 heteroatoms. The van der Waals surface area contributed by atoms with Gasteiger partial charge in [-0.05, 0) is 13.8 Å². The maximum absolute atomic E-state index is 13.6. The Morgan fingerprint density at radius 2 is 0.781 bits per heavy atom. The number of carbonyl (C=O) groups excluding carboxylic acids is 2. The monoisotopic (exact) mass is 498 g/mol. The fraction of sp³-hybridized carbons (Fsp3) is 0.625. The van der Waals surface area contributed by atoms with E-state index in [4.69, 9.17) is 0 Å². The van der Waals surface area contributed by atoms with Gasteiger partial charge in [0.25, 0.3) is 0 Å². The molecule has 0 aromatic rings. The van der Waals surface area contributed by atoms with Gasteiger partial charge in [-0.25, -0.2) is 9.59 Å². The van der Waals surface area contributed by atoms with Crippen molar-refractivity contribution >= 4 is 11.9 Å². The summed E-state index contributed by atoms with van der Waals surface area (Å²) >= 11 is 0. The standard InChI is InChI=1S/C16H14F12O4/c1-7(2)9(29)31-5-11(17,18)13(21,22)15(25,26)16(27,28)14(23,24)12(19,20)6-32-10(30)8(3)4/h1,3,5-6H2,2,4H3. The van der Waals surface area contributed by atoms with Gasteiger partial charge in [0.05, 0.1) is 0 Å². The van der Waals surface area contributed by atoms with Crippen LogP contribution in [0, 0.1) is 0 Å². The highest BCUT2D eigenvalue weighted by Crippen LogP contribution is 2.60. The molecule has 0 atom stereocenters. The zero-order valence-corrected chi connectivity index (χ0v) is 16.0. The Morgan fingerprint density at radius 3 is 0.969 bits per heavy atom. The summed E-state index contributed by atoms with van der Waals surface area (Å²) in [6.07, 6.45) is 0. The molecule has 0 rings (SSSR count). The lowest BCUT2D eigenvalue weighted by molar-refractivity contribution is -0.428. The molecule has 0 aliphatic rings. The molecule has 0 aliphatic carbocycles. The lowest BCUT2D eigenvalue weighted by Gasteiger charge is -2.41.